The molecule has 0 amide bonds. The van der Waals surface area contributed by atoms with E-state index in [9.17, 15) is 0 Å². The van der Waals surface area contributed by atoms with Crippen molar-refractivity contribution in [1.29, 1.82) is 0 Å². The van der Waals surface area contributed by atoms with Gasteiger partial charge in [-0.3, -0.25) is 0 Å². The maximum Gasteiger partial charge on any atom is 0.221 e. The van der Waals surface area contributed by atoms with Gasteiger partial charge in [0, 0.05) is 15.6 Å². The van der Waals surface area contributed by atoms with Gasteiger partial charge in [0.2, 0.25) is 5.95 Å². The van der Waals surface area contributed by atoms with Crippen LogP contribution in [0.3, 0.4) is 0 Å². The fraction of sp³-hybridized carbons (Fsp3) is 0.111. The predicted molar refractivity (Wildman–Crippen MR) is 94.5 cm³/mol. The molecule has 0 aliphatic heterocycles. The molecule has 2 N–H and O–H groups in total. The van der Waals surface area contributed by atoms with Crippen LogP contribution in [-0.4, -0.2) is 9.97 Å². The van der Waals surface area contributed by atoms with Gasteiger partial charge in [-0.05, 0) is 49.2 Å². The van der Waals surface area contributed by atoms with E-state index < -0.39 is 0 Å². The van der Waals surface area contributed by atoms with Gasteiger partial charge in [0.1, 0.15) is 0 Å². The normalized spacial score (nSPS) is 10.7. The smallest absolute Gasteiger partial charge is 0.221 e. The fourth-order valence-electron chi connectivity index (χ4n) is 2.28. The van der Waals surface area contributed by atoms with Gasteiger partial charge in [0.25, 0.3) is 0 Å². The summed E-state index contributed by atoms with van der Waals surface area (Å²) in [4.78, 5) is 8.73. The van der Waals surface area contributed by atoms with E-state index in [1.165, 1.54) is 11.1 Å². The van der Waals surface area contributed by atoms with Gasteiger partial charge < -0.3 is 5.73 Å². The van der Waals surface area contributed by atoms with E-state index in [1.54, 1.807) is 0 Å². The second kappa shape index (κ2) is 5.89. The zero-order valence-corrected chi connectivity index (χ0v) is 14.1. The van der Waals surface area contributed by atoms with E-state index >= 15 is 0 Å². The van der Waals surface area contributed by atoms with Crippen molar-refractivity contribution in [3.05, 3.63) is 64.1 Å². The quantitative estimate of drug-likeness (QED) is 0.721. The minimum absolute atomic E-state index is 0.286. The molecular formula is C18H16BrN3. The Labute approximate surface area is 138 Å². The minimum Gasteiger partial charge on any atom is -0.368 e. The number of hydrogen-bond donors (Lipinski definition) is 1. The second-order valence-corrected chi connectivity index (χ2v) is 6.22. The second-order valence-electron chi connectivity index (χ2n) is 5.30. The SMILES string of the molecule is Cc1ccc(-c2cc(-c3ccc(Br)cc3)nc(N)n2)cc1C. The molecular weight excluding hydrogens is 338 g/mol. The maximum atomic E-state index is 5.90. The highest BCUT2D eigenvalue weighted by Crippen LogP contribution is 2.26. The molecule has 1 aromatic heterocycles. The number of hydrogen-bond acceptors (Lipinski definition) is 3. The summed E-state index contributed by atoms with van der Waals surface area (Å²) in [5, 5.41) is 0. The molecule has 0 fully saturated rings. The average Bonchev–Trinajstić information content (AvgIpc) is 2.50. The van der Waals surface area contributed by atoms with Gasteiger partial charge in [-0.2, -0.15) is 0 Å². The first-order valence-corrected chi connectivity index (χ1v) is 7.80. The molecule has 22 heavy (non-hydrogen) atoms. The predicted octanol–water partition coefficient (Wildman–Crippen LogP) is 4.77. The molecule has 0 atom stereocenters. The standard InChI is InChI=1S/C18H16BrN3/c1-11-3-4-14(9-12(11)2)17-10-16(21-18(20)22-17)13-5-7-15(19)8-6-13/h3-10H,1-2H3,(H2,20,21,22). The number of aryl methyl sites for hydroxylation is 2. The zero-order chi connectivity index (χ0) is 15.7. The number of aromatic nitrogens is 2. The van der Waals surface area contributed by atoms with Crippen molar-refractivity contribution >= 4 is 21.9 Å². The first kappa shape index (κ1) is 14.7. The van der Waals surface area contributed by atoms with Crippen LogP contribution < -0.4 is 5.73 Å². The summed E-state index contributed by atoms with van der Waals surface area (Å²) in [6.45, 7) is 4.19. The van der Waals surface area contributed by atoms with Crippen LogP contribution >= 0.6 is 15.9 Å². The van der Waals surface area contributed by atoms with Crippen LogP contribution in [0.25, 0.3) is 22.5 Å². The van der Waals surface area contributed by atoms with E-state index in [2.05, 4.69) is 57.9 Å². The summed E-state index contributed by atoms with van der Waals surface area (Å²) in [5.74, 6) is 0.286. The van der Waals surface area contributed by atoms with Gasteiger partial charge in [-0.1, -0.05) is 40.2 Å². The van der Waals surface area contributed by atoms with E-state index in [-0.39, 0.29) is 5.95 Å². The highest BCUT2D eigenvalue weighted by molar-refractivity contribution is 9.10. The summed E-state index contributed by atoms with van der Waals surface area (Å²) in [7, 11) is 0. The van der Waals surface area contributed by atoms with Crippen molar-refractivity contribution in [2.45, 2.75) is 13.8 Å². The van der Waals surface area contributed by atoms with Crippen molar-refractivity contribution in [3.63, 3.8) is 0 Å². The highest BCUT2D eigenvalue weighted by atomic mass is 79.9. The lowest BCUT2D eigenvalue weighted by Gasteiger charge is -2.08. The third-order valence-electron chi connectivity index (χ3n) is 3.69. The van der Waals surface area contributed by atoms with E-state index in [0.717, 1.165) is 27.0 Å². The Morgan fingerprint density at radius 3 is 2.00 bits per heavy atom. The molecule has 0 aliphatic carbocycles. The van der Waals surface area contributed by atoms with Gasteiger partial charge in [-0.15, -0.1) is 0 Å². The Morgan fingerprint density at radius 2 is 1.36 bits per heavy atom. The lowest BCUT2D eigenvalue weighted by atomic mass is 10.0. The van der Waals surface area contributed by atoms with Crippen LogP contribution in [0.5, 0.6) is 0 Å². The summed E-state index contributed by atoms with van der Waals surface area (Å²) < 4.78 is 1.03. The van der Waals surface area contributed by atoms with Gasteiger partial charge in [0.05, 0.1) is 11.4 Å². The maximum absolute atomic E-state index is 5.90. The average molecular weight is 354 g/mol. The van der Waals surface area contributed by atoms with Crippen LogP contribution in [0.4, 0.5) is 5.95 Å². The molecule has 4 heteroatoms. The number of rotatable bonds is 2. The van der Waals surface area contributed by atoms with Crippen molar-refractivity contribution < 1.29 is 0 Å². The van der Waals surface area contributed by atoms with Gasteiger partial charge >= 0.3 is 0 Å². The number of nitrogens with two attached hydrogens (primary N) is 1. The minimum atomic E-state index is 0.286. The summed E-state index contributed by atoms with van der Waals surface area (Å²) in [6, 6.07) is 16.3. The number of nitrogens with zero attached hydrogens (tertiary/aromatic N) is 2. The van der Waals surface area contributed by atoms with E-state index in [0.29, 0.717) is 0 Å². The van der Waals surface area contributed by atoms with Crippen LogP contribution in [0.15, 0.2) is 53.0 Å². The molecule has 2 aromatic carbocycles. The largest absolute Gasteiger partial charge is 0.368 e. The third-order valence-corrected chi connectivity index (χ3v) is 4.21. The monoisotopic (exact) mass is 353 g/mol. The third kappa shape index (κ3) is 3.02. The molecule has 0 radical (unpaired) electrons. The van der Waals surface area contributed by atoms with Gasteiger partial charge in [0.15, 0.2) is 0 Å². The number of halogens is 1. The Hall–Kier alpha value is -2.20. The fourth-order valence-corrected chi connectivity index (χ4v) is 2.55. The molecule has 3 aromatic rings. The van der Waals surface area contributed by atoms with Crippen molar-refractivity contribution in [2.75, 3.05) is 5.73 Å². The zero-order valence-electron chi connectivity index (χ0n) is 12.5. The molecule has 0 saturated carbocycles. The Bertz CT molecular complexity index is 826. The molecule has 0 saturated heterocycles. The number of nitrogen functional groups attached to an aromatic ring is 1. The molecule has 0 aliphatic rings. The van der Waals surface area contributed by atoms with Crippen molar-refractivity contribution in [1.82, 2.24) is 9.97 Å². The molecule has 0 spiro atoms. The molecule has 3 rings (SSSR count). The molecule has 1 heterocycles. The summed E-state index contributed by atoms with van der Waals surface area (Å²) >= 11 is 3.44. The Balaban J connectivity index is 2.09. The van der Waals surface area contributed by atoms with Crippen LogP contribution in [-0.2, 0) is 0 Å². The molecule has 110 valence electrons. The topological polar surface area (TPSA) is 51.8 Å². The Kier molecular flexibility index (Phi) is 3.94. The molecule has 0 unspecified atom stereocenters. The highest BCUT2D eigenvalue weighted by Gasteiger charge is 2.08. The van der Waals surface area contributed by atoms with Gasteiger partial charge in [-0.25, -0.2) is 9.97 Å². The lowest BCUT2D eigenvalue weighted by Crippen LogP contribution is -1.99. The van der Waals surface area contributed by atoms with Crippen LogP contribution in [0, 0.1) is 13.8 Å². The first-order valence-electron chi connectivity index (χ1n) is 7.01. The molecule has 0 bridgehead atoms. The number of anilines is 1. The molecule has 3 nitrogen and oxygen atoms in total. The van der Waals surface area contributed by atoms with E-state index in [4.69, 9.17) is 5.73 Å². The number of benzene rings is 2. The summed E-state index contributed by atoms with van der Waals surface area (Å²) in [5.41, 5.74) is 12.1. The summed E-state index contributed by atoms with van der Waals surface area (Å²) in [6.07, 6.45) is 0. The van der Waals surface area contributed by atoms with Crippen molar-refractivity contribution in [3.8, 4) is 22.5 Å². The van der Waals surface area contributed by atoms with Crippen LogP contribution in [0.2, 0.25) is 0 Å². The van der Waals surface area contributed by atoms with Crippen molar-refractivity contribution in [2.24, 2.45) is 0 Å². The van der Waals surface area contributed by atoms with E-state index in [1.807, 2.05) is 30.3 Å². The Morgan fingerprint density at radius 1 is 0.773 bits per heavy atom. The first-order chi connectivity index (χ1) is 10.5. The van der Waals surface area contributed by atoms with Crippen LogP contribution in [0.1, 0.15) is 11.1 Å². The lowest BCUT2D eigenvalue weighted by molar-refractivity contribution is 1.19.